The Balaban J connectivity index is 2.18. The summed E-state index contributed by atoms with van der Waals surface area (Å²) in [5.74, 6) is 0.0362. The molecule has 0 aliphatic carbocycles. The van der Waals surface area contributed by atoms with Gasteiger partial charge in [-0.1, -0.05) is 12.8 Å². The van der Waals surface area contributed by atoms with Crippen LogP contribution in [0.1, 0.15) is 41.7 Å². The van der Waals surface area contributed by atoms with Crippen LogP contribution >= 0.6 is 0 Å². The molecule has 28 heavy (non-hydrogen) atoms. The van der Waals surface area contributed by atoms with Crippen molar-refractivity contribution in [2.75, 3.05) is 24.2 Å². The molecule has 1 aliphatic rings. The van der Waals surface area contributed by atoms with E-state index in [2.05, 4.69) is 10.1 Å². The van der Waals surface area contributed by atoms with Gasteiger partial charge in [-0.2, -0.15) is 23.0 Å². The molecule has 1 saturated heterocycles. The number of anilines is 1. The zero-order valence-corrected chi connectivity index (χ0v) is 15.9. The fourth-order valence-corrected chi connectivity index (χ4v) is 3.76. The fourth-order valence-electron chi connectivity index (χ4n) is 3.20. The smallest absolute Gasteiger partial charge is 0.356 e. The van der Waals surface area contributed by atoms with Crippen molar-refractivity contribution in [1.29, 1.82) is 0 Å². The number of aldehydes is 1. The first-order chi connectivity index (χ1) is 13.1. The highest BCUT2D eigenvalue weighted by Gasteiger charge is 2.40. The topological polar surface area (TPSA) is 85.2 Å². The van der Waals surface area contributed by atoms with E-state index in [1.165, 1.54) is 12.1 Å². The van der Waals surface area contributed by atoms with E-state index in [9.17, 15) is 26.4 Å². The lowest BCUT2D eigenvalue weighted by Gasteiger charge is -2.23. The summed E-state index contributed by atoms with van der Waals surface area (Å²) >= 11 is 0. The minimum absolute atomic E-state index is 0.00486. The fraction of sp³-hybridized carbons (Fsp3) is 0.471. The summed E-state index contributed by atoms with van der Waals surface area (Å²) in [6.07, 6.45) is 0.894. The maximum absolute atomic E-state index is 13.5. The Bertz CT molecular complexity index is 961. The van der Waals surface area contributed by atoms with E-state index in [1.807, 2.05) is 0 Å². The van der Waals surface area contributed by atoms with Crippen molar-refractivity contribution in [2.24, 2.45) is 0 Å². The molecule has 0 spiro atoms. The first-order valence-corrected chi connectivity index (χ1v) is 10.6. The molecule has 0 saturated carbocycles. The Kier molecular flexibility index (Phi) is 5.46. The monoisotopic (exact) mass is 416 g/mol. The molecule has 0 atom stereocenters. The van der Waals surface area contributed by atoms with Crippen LogP contribution in [0.5, 0.6) is 0 Å². The average Bonchev–Trinajstić information content (AvgIpc) is 2.82. The summed E-state index contributed by atoms with van der Waals surface area (Å²) in [6.45, 7) is 0.983. The molecule has 7 nitrogen and oxygen atoms in total. The van der Waals surface area contributed by atoms with Gasteiger partial charge in [0.05, 0.1) is 10.5 Å². The van der Waals surface area contributed by atoms with Crippen molar-refractivity contribution in [1.82, 2.24) is 14.8 Å². The highest BCUT2D eigenvalue weighted by Crippen LogP contribution is 2.37. The number of hydrogen-bond donors (Lipinski definition) is 0. The summed E-state index contributed by atoms with van der Waals surface area (Å²) in [6, 6.07) is 2.53. The van der Waals surface area contributed by atoms with Crippen molar-refractivity contribution in [3.63, 3.8) is 0 Å². The Morgan fingerprint density at radius 2 is 1.75 bits per heavy atom. The lowest BCUT2D eigenvalue weighted by atomic mass is 10.2. The molecule has 0 bridgehead atoms. The number of pyridine rings is 1. The second-order valence-corrected chi connectivity index (χ2v) is 8.65. The molecule has 3 heterocycles. The second-order valence-electron chi connectivity index (χ2n) is 6.64. The molecular weight excluding hydrogens is 397 g/mol. The van der Waals surface area contributed by atoms with Gasteiger partial charge in [0, 0.05) is 25.5 Å². The van der Waals surface area contributed by atoms with Gasteiger partial charge in [0.1, 0.15) is 5.82 Å². The van der Waals surface area contributed by atoms with Gasteiger partial charge in [-0.3, -0.25) is 4.79 Å². The van der Waals surface area contributed by atoms with Crippen LogP contribution in [0.25, 0.3) is 5.82 Å². The molecule has 152 valence electrons. The largest absolute Gasteiger partial charge is 0.435 e. The van der Waals surface area contributed by atoms with E-state index in [0.717, 1.165) is 42.8 Å². The second kappa shape index (κ2) is 7.53. The number of aromatic nitrogens is 3. The zero-order chi connectivity index (χ0) is 20.5. The first kappa shape index (κ1) is 20.3. The Morgan fingerprint density at radius 1 is 1.11 bits per heavy atom. The molecule has 0 amide bonds. The van der Waals surface area contributed by atoms with Crippen LogP contribution in [0, 0.1) is 0 Å². The number of hydrogen-bond acceptors (Lipinski definition) is 6. The van der Waals surface area contributed by atoms with E-state index in [1.54, 1.807) is 4.90 Å². The van der Waals surface area contributed by atoms with Gasteiger partial charge in [0.2, 0.25) is 0 Å². The third-order valence-electron chi connectivity index (χ3n) is 4.55. The van der Waals surface area contributed by atoms with E-state index < -0.39 is 27.3 Å². The van der Waals surface area contributed by atoms with Crippen molar-refractivity contribution in [3.05, 3.63) is 29.6 Å². The maximum atomic E-state index is 13.5. The number of sulfone groups is 1. The Morgan fingerprint density at radius 3 is 2.21 bits per heavy atom. The van der Waals surface area contributed by atoms with E-state index in [-0.39, 0.29) is 22.8 Å². The number of rotatable bonds is 4. The Hall–Kier alpha value is -2.43. The molecule has 0 radical (unpaired) electrons. The summed E-state index contributed by atoms with van der Waals surface area (Å²) in [5.41, 5.74) is -1.82. The van der Waals surface area contributed by atoms with E-state index >= 15 is 0 Å². The minimum atomic E-state index is -4.81. The van der Waals surface area contributed by atoms with Gasteiger partial charge in [-0.05, 0) is 25.0 Å². The van der Waals surface area contributed by atoms with Gasteiger partial charge in [0.15, 0.2) is 27.6 Å². The van der Waals surface area contributed by atoms with Crippen LogP contribution in [0.2, 0.25) is 0 Å². The molecule has 1 aliphatic heterocycles. The molecular formula is C17H19F3N4O3S. The minimum Gasteiger partial charge on any atom is -0.356 e. The standard InChI is InChI=1S/C17H19F3N4O3S/c1-28(26,27)12-6-7-14(21-10-12)24-16(23-8-4-2-3-5-9-23)13(11-25)15(22-24)17(18,19)20/h6-7,10-11H,2-5,8-9H2,1H3. The van der Waals surface area contributed by atoms with E-state index in [4.69, 9.17) is 0 Å². The maximum Gasteiger partial charge on any atom is 0.435 e. The van der Waals surface area contributed by atoms with Crippen molar-refractivity contribution in [2.45, 2.75) is 36.8 Å². The number of carbonyl (C=O) groups is 1. The summed E-state index contributed by atoms with van der Waals surface area (Å²) < 4.78 is 64.6. The predicted octanol–water partition coefficient (Wildman–Crippen LogP) is 2.88. The van der Waals surface area contributed by atoms with Crippen LogP contribution in [0.15, 0.2) is 23.2 Å². The lowest BCUT2D eigenvalue weighted by molar-refractivity contribution is -0.141. The van der Waals surface area contributed by atoms with Crippen molar-refractivity contribution in [3.8, 4) is 5.82 Å². The molecule has 2 aromatic heterocycles. The van der Waals surface area contributed by atoms with Gasteiger partial charge in [0.25, 0.3) is 0 Å². The zero-order valence-electron chi connectivity index (χ0n) is 15.1. The summed E-state index contributed by atoms with van der Waals surface area (Å²) in [7, 11) is -3.51. The number of alkyl halides is 3. The van der Waals surface area contributed by atoms with Crippen LogP contribution in [0.4, 0.5) is 19.0 Å². The third-order valence-corrected chi connectivity index (χ3v) is 5.65. The SMILES string of the molecule is CS(=O)(=O)c1ccc(-n2nc(C(F)(F)F)c(C=O)c2N2CCCCCC2)nc1. The van der Waals surface area contributed by atoms with Crippen LogP contribution in [-0.4, -0.2) is 48.8 Å². The highest BCUT2D eigenvalue weighted by atomic mass is 32.2. The molecule has 11 heteroatoms. The summed E-state index contributed by atoms with van der Waals surface area (Å²) in [4.78, 5) is 17.2. The lowest BCUT2D eigenvalue weighted by Crippen LogP contribution is -2.27. The van der Waals surface area contributed by atoms with Crippen LogP contribution < -0.4 is 4.90 Å². The Labute approximate surface area is 160 Å². The molecule has 0 unspecified atom stereocenters. The first-order valence-electron chi connectivity index (χ1n) is 8.70. The number of nitrogens with zero attached hydrogens (tertiary/aromatic N) is 4. The van der Waals surface area contributed by atoms with Crippen LogP contribution in [0.3, 0.4) is 0 Å². The van der Waals surface area contributed by atoms with Gasteiger partial charge < -0.3 is 4.90 Å². The third kappa shape index (κ3) is 4.03. The molecule has 1 fully saturated rings. The van der Waals surface area contributed by atoms with Crippen molar-refractivity contribution < 1.29 is 26.4 Å². The highest BCUT2D eigenvalue weighted by molar-refractivity contribution is 7.90. The molecule has 2 aromatic rings. The van der Waals surface area contributed by atoms with E-state index in [0.29, 0.717) is 13.1 Å². The molecule has 3 rings (SSSR count). The quantitative estimate of drug-likeness (QED) is 0.713. The summed E-state index contributed by atoms with van der Waals surface area (Å²) in [5, 5.41) is 3.63. The number of carbonyl (C=O) groups excluding carboxylic acids is 1. The predicted molar refractivity (Wildman–Crippen MR) is 95.5 cm³/mol. The molecule has 0 aromatic carbocycles. The molecule has 0 N–H and O–H groups in total. The van der Waals surface area contributed by atoms with Crippen molar-refractivity contribution >= 4 is 21.9 Å². The number of halogens is 3. The van der Waals surface area contributed by atoms with Gasteiger partial charge >= 0.3 is 6.18 Å². The van der Waals surface area contributed by atoms with Crippen LogP contribution in [-0.2, 0) is 16.0 Å². The van der Waals surface area contributed by atoms with Gasteiger partial charge in [-0.25, -0.2) is 13.4 Å². The van der Waals surface area contributed by atoms with Gasteiger partial charge in [-0.15, -0.1) is 0 Å². The average molecular weight is 416 g/mol. The normalized spacial score (nSPS) is 16.1.